The number of benzene rings is 1. The first-order valence-electron chi connectivity index (χ1n) is 6.73. The molecule has 1 saturated heterocycles. The van der Waals surface area contributed by atoms with Crippen molar-refractivity contribution in [3.05, 3.63) is 29.8 Å². The lowest BCUT2D eigenvalue weighted by atomic mass is 9.93. The summed E-state index contributed by atoms with van der Waals surface area (Å²) in [5, 5.41) is 0. The molecule has 4 nitrogen and oxygen atoms in total. The second-order valence-electron chi connectivity index (χ2n) is 5.44. The molecule has 0 aliphatic carbocycles. The molecule has 0 aromatic heterocycles. The van der Waals surface area contributed by atoms with E-state index in [1.807, 2.05) is 19.9 Å². The fourth-order valence-electron chi connectivity index (χ4n) is 2.55. The molecule has 2 atom stereocenters. The standard InChI is InChI=1S/C14H22N2O2S/c1-11-5-3-7-14(9-11)19(17,18)16-8-4-6-13(10-16)12(2)15/h3,5,7,9,12-13H,4,6,8,10,15H2,1-2H3/t12-,13+/m0/s1. The van der Waals surface area contributed by atoms with Crippen LogP contribution in [0.4, 0.5) is 0 Å². The number of piperidine rings is 1. The monoisotopic (exact) mass is 282 g/mol. The number of aryl methyl sites for hydroxylation is 1. The summed E-state index contributed by atoms with van der Waals surface area (Å²) in [7, 11) is -3.37. The van der Waals surface area contributed by atoms with Gasteiger partial charge in [-0.15, -0.1) is 0 Å². The Bertz CT molecular complexity index is 540. The molecule has 0 bridgehead atoms. The Morgan fingerprint density at radius 3 is 2.79 bits per heavy atom. The van der Waals surface area contributed by atoms with Crippen molar-refractivity contribution in [3.8, 4) is 0 Å². The lowest BCUT2D eigenvalue weighted by Gasteiger charge is -2.33. The largest absolute Gasteiger partial charge is 0.328 e. The molecular formula is C14H22N2O2S. The minimum absolute atomic E-state index is 0.0375. The first kappa shape index (κ1) is 14.5. The summed E-state index contributed by atoms with van der Waals surface area (Å²) >= 11 is 0. The molecule has 0 spiro atoms. The van der Waals surface area contributed by atoms with Crippen LogP contribution in [0.2, 0.25) is 0 Å². The number of rotatable bonds is 3. The Morgan fingerprint density at radius 2 is 2.16 bits per heavy atom. The fourth-order valence-corrected chi connectivity index (χ4v) is 4.19. The van der Waals surface area contributed by atoms with Gasteiger partial charge in [0.25, 0.3) is 0 Å². The van der Waals surface area contributed by atoms with Gasteiger partial charge >= 0.3 is 0 Å². The van der Waals surface area contributed by atoms with Crippen LogP contribution in [0.25, 0.3) is 0 Å². The maximum atomic E-state index is 12.6. The second-order valence-corrected chi connectivity index (χ2v) is 7.38. The molecule has 5 heteroatoms. The third-order valence-corrected chi connectivity index (χ3v) is 5.65. The maximum Gasteiger partial charge on any atom is 0.243 e. The molecule has 1 heterocycles. The number of hydrogen-bond acceptors (Lipinski definition) is 3. The van der Waals surface area contributed by atoms with Crippen molar-refractivity contribution in [2.24, 2.45) is 11.7 Å². The molecule has 0 saturated carbocycles. The highest BCUT2D eigenvalue weighted by molar-refractivity contribution is 7.89. The lowest BCUT2D eigenvalue weighted by molar-refractivity contribution is 0.243. The molecule has 0 radical (unpaired) electrons. The maximum absolute atomic E-state index is 12.6. The summed E-state index contributed by atoms with van der Waals surface area (Å²) in [6.07, 6.45) is 1.90. The van der Waals surface area contributed by atoms with Gasteiger partial charge in [0.1, 0.15) is 0 Å². The molecule has 1 aliphatic heterocycles. The van der Waals surface area contributed by atoms with Gasteiger partial charge in [0, 0.05) is 19.1 Å². The van der Waals surface area contributed by atoms with Gasteiger partial charge < -0.3 is 5.73 Å². The van der Waals surface area contributed by atoms with Crippen molar-refractivity contribution in [3.63, 3.8) is 0 Å². The Morgan fingerprint density at radius 1 is 1.42 bits per heavy atom. The van der Waals surface area contributed by atoms with Gasteiger partial charge in [-0.3, -0.25) is 0 Å². The molecule has 0 amide bonds. The summed E-state index contributed by atoms with van der Waals surface area (Å²) in [5.74, 6) is 0.258. The molecule has 106 valence electrons. The topological polar surface area (TPSA) is 63.4 Å². The van der Waals surface area contributed by atoms with Gasteiger partial charge in [-0.1, -0.05) is 12.1 Å². The van der Waals surface area contributed by atoms with Gasteiger partial charge in [0.15, 0.2) is 0 Å². The summed E-state index contributed by atoms with van der Waals surface area (Å²) in [5.41, 5.74) is 6.87. The molecule has 1 aromatic carbocycles. The molecule has 2 rings (SSSR count). The van der Waals surface area contributed by atoms with E-state index in [1.54, 1.807) is 22.5 Å². The van der Waals surface area contributed by atoms with E-state index >= 15 is 0 Å². The highest BCUT2D eigenvalue weighted by atomic mass is 32.2. The van der Waals surface area contributed by atoms with Crippen molar-refractivity contribution in [1.82, 2.24) is 4.31 Å². The molecule has 1 aliphatic rings. The van der Waals surface area contributed by atoms with Gasteiger partial charge in [0.05, 0.1) is 4.90 Å². The average molecular weight is 282 g/mol. The van der Waals surface area contributed by atoms with Crippen LogP contribution in [-0.4, -0.2) is 31.9 Å². The molecule has 2 N–H and O–H groups in total. The van der Waals surface area contributed by atoms with Crippen LogP contribution in [-0.2, 0) is 10.0 Å². The van der Waals surface area contributed by atoms with E-state index in [0.29, 0.717) is 18.0 Å². The first-order chi connectivity index (χ1) is 8.91. The van der Waals surface area contributed by atoms with E-state index in [1.165, 1.54) is 0 Å². The van der Waals surface area contributed by atoms with E-state index in [-0.39, 0.29) is 12.0 Å². The van der Waals surface area contributed by atoms with Crippen LogP contribution >= 0.6 is 0 Å². The summed E-state index contributed by atoms with van der Waals surface area (Å²) in [6.45, 7) is 4.99. The van der Waals surface area contributed by atoms with Crippen LogP contribution in [0.15, 0.2) is 29.2 Å². The Labute approximate surface area is 115 Å². The Kier molecular flexibility index (Phi) is 4.28. The smallest absolute Gasteiger partial charge is 0.243 e. The summed E-state index contributed by atoms with van der Waals surface area (Å²) < 4.78 is 26.8. The summed E-state index contributed by atoms with van der Waals surface area (Å²) in [4.78, 5) is 0.387. The Balaban J connectivity index is 2.24. The lowest BCUT2D eigenvalue weighted by Crippen LogP contribution is -2.44. The van der Waals surface area contributed by atoms with Crippen molar-refractivity contribution in [1.29, 1.82) is 0 Å². The van der Waals surface area contributed by atoms with Crippen LogP contribution < -0.4 is 5.73 Å². The highest BCUT2D eigenvalue weighted by Gasteiger charge is 2.31. The second kappa shape index (κ2) is 5.61. The quantitative estimate of drug-likeness (QED) is 0.918. The van der Waals surface area contributed by atoms with E-state index in [4.69, 9.17) is 5.73 Å². The van der Waals surface area contributed by atoms with E-state index in [9.17, 15) is 8.42 Å². The average Bonchev–Trinajstić information content (AvgIpc) is 2.39. The SMILES string of the molecule is Cc1cccc(S(=O)(=O)N2CCC[C@@H]([C@H](C)N)C2)c1. The minimum Gasteiger partial charge on any atom is -0.328 e. The zero-order valence-electron chi connectivity index (χ0n) is 11.5. The molecular weight excluding hydrogens is 260 g/mol. The zero-order valence-corrected chi connectivity index (χ0v) is 12.4. The summed E-state index contributed by atoms with van der Waals surface area (Å²) in [6, 6.07) is 7.12. The van der Waals surface area contributed by atoms with Gasteiger partial charge in [-0.25, -0.2) is 8.42 Å². The van der Waals surface area contributed by atoms with Crippen molar-refractivity contribution >= 4 is 10.0 Å². The van der Waals surface area contributed by atoms with E-state index in [2.05, 4.69) is 0 Å². The van der Waals surface area contributed by atoms with Gasteiger partial charge in [-0.05, 0) is 50.3 Å². The number of sulfonamides is 1. The van der Waals surface area contributed by atoms with E-state index in [0.717, 1.165) is 18.4 Å². The zero-order chi connectivity index (χ0) is 14.0. The first-order valence-corrected chi connectivity index (χ1v) is 8.17. The predicted molar refractivity (Wildman–Crippen MR) is 76.3 cm³/mol. The molecule has 0 unspecified atom stereocenters. The van der Waals surface area contributed by atoms with Crippen LogP contribution in [0.3, 0.4) is 0 Å². The Hall–Kier alpha value is -0.910. The molecule has 1 fully saturated rings. The van der Waals surface area contributed by atoms with Gasteiger partial charge in [0.2, 0.25) is 10.0 Å². The third-order valence-electron chi connectivity index (χ3n) is 3.79. The minimum atomic E-state index is -3.37. The van der Waals surface area contributed by atoms with Crippen LogP contribution in [0, 0.1) is 12.8 Å². The van der Waals surface area contributed by atoms with Crippen molar-refractivity contribution < 1.29 is 8.42 Å². The number of nitrogens with two attached hydrogens (primary N) is 1. The normalized spacial score (nSPS) is 23.2. The molecule has 1 aromatic rings. The van der Waals surface area contributed by atoms with Crippen LogP contribution in [0.5, 0.6) is 0 Å². The predicted octanol–water partition coefficient (Wildman–Crippen LogP) is 1.74. The third kappa shape index (κ3) is 3.16. The van der Waals surface area contributed by atoms with Crippen molar-refractivity contribution in [2.75, 3.05) is 13.1 Å². The number of nitrogens with zero attached hydrogens (tertiary/aromatic N) is 1. The molecule has 19 heavy (non-hydrogen) atoms. The van der Waals surface area contributed by atoms with Gasteiger partial charge in [-0.2, -0.15) is 4.31 Å². The fraction of sp³-hybridized carbons (Fsp3) is 0.571. The number of hydrogen-bond donors (Lipinski definition) is 1. The highest BCUT2D eigenvalue weighted by Crippen LogP contribution is 2.25. The van der Waals surface area contributed by atoms with E-state index < -0.39 is 10.0 Å². The van der Waals surface area contributed by atoms with Crippen LogP contribution in [0.1, 0.15) is 25.3 Å². The van der Waals surface area contributed by atoms with Crippen molar-refractivity contribution in [2.45, 2.75) is 37.6 Å².